The number of carbonyl (C=O) groups is 1. The van der Waals surface area contributed by atoms with E-state index in [1.54, 1.807) is 0 Å². The molecular formula is C26H36IN5O. The molecule has 2 aliphatic rings. The minimum atomic E-state index is 0. The van der Waals surface area contributed by atoms with Crippen LogP contribution in [0.25, 0.3) is 0 Å². The average molecular weight is 562 g/mol. The summed E-state index contributed by atoms with van der Waals surface area (Å²) >= 11 is 0. The lowest BCUT2D eigenvalue weighted by Crippen LogP contribution is -2.41. The number of amides is 1. The zero-order chi connectivity index (χ0) is 22.3. The molecule has 2 aromatic rings. The second-order valence-corrected chi connectivity index (χ2v) is 8.68. The maximum atomic E-state index is 12.8. The molecule has 7 heteroatoms. The number of hydrogen-bond donors (Lipinski definition) is 2. The van der Waals surface area contributed by atoms with Gasteiger partial charge in [-0.25, -0.2) is 4.99 Å². The Balaban J connectivity index is 0.00000306. The van der Waals surface area contributed by atoms with Crippen LogP contribution in [0, 0.1) is 0 Å². The van der Waals surface area contributed by atoms with Crippen LogP contribution < -0.4 is 15.5 Å². The van der Waals surface area contributed by atoms with Gasteiger partial charge in [0, 0.05) is 38.4 Å². The molecule has 0 radical (unpaired) electrons. The highest BCUT2D eigenvalue weighted by Gasteiger charge is 2.20. The first-order valence-electron chi connectivity index (χ1n) is 11.9. The van der Waals surface area contributed by atoms with E-state index in [2.05, 4.69) is 69.9 Å². The second kappa shape index (κ2) is 12.3. The van der Waals surface area contributed by atoms with Crippen molar-refractivity contribution in [2.75, 3.05) is 37.6 Å². The van der Waals surface area contributed by atoms with E-state index in [4.69, 9.17) is 0 Å². The molecule has 2 aromatic carbocycles. The van der Waals surface area contributed by atoms with E-state index in [1.807, 2.05) is 17.9 Å². The number of hydrogen-bond acceptors (Lipinski definition) is 3. The Morgan fingerprint density at radius 1 is 1.06 bits per heavy atom. The number of guanidine groups is 1. The van der Waals surface area contributed by atoms with Gasteiger partial charge in [0.2, 0.25) is 5.91 Å². The number of carbonyl (C=O) groups excluding carboxylic acids is 1. The number of halogens is 1. The molecule has 6 nitrogen and oxygen atoms in total. The number of anilines is 1. The summed E-state index contributed by atoms with van der Waals surface area (Å²) in [5.41, 5.74) is 5.10. The van der Waals surface area contributed by atoms with Crippen molar-refractivity contribution in [1.82, 2.24) is 15.5 Å². The minimum absolute atomic E-state index is 0. The van der Waals surface area contributed by atoms with Crippen LogP contribution in [0.3, 0.4) is 0 Å². The molecule has 2 N–H and O–H groups in total. The van der Waals surface area contributed by atoms with Gasteiger partial charge < -0.3 is 20.4 Å². The van der Waals surface area contributed by atoms with Crippen molar-refractivity contribution in [2.45, 2.75) is 45.7 Å². The lowest BCUT2D eigenvalue weighted by atomic mass is 10.00. The molecule has 178 valence electrons. The SMILES string of the molecule is CCNC(=NCC(=O)N1CCc2ccccc2C1)NC(C)c1cccc(N2CCCC2)c1.I. The van der Waals surface area contributed by atoms with Crippen LogP contribution in [0.4, 0.5) is 5.69 Å². The number of aliphatic imine (C=N–C) groups is 1. The minimum Gasteiger partial charge on any atom is -0.372 e. The van der Waals surface area contributed by atoms with Crippen molar-refractivity contribution in [1.29, 1.82) is 0 Å². The Kier molecular flexibility index (Phi) is 9.41. The van der Waals surface area contributed by atoms with Crippen molar-refractivity contribution >= 4 is 41.5 Å². The van der Waals surface area contributed by atoms with E-state index in [0.717, 1.165) is 32.6 Å². The van der Waals surface area contributed by atoms with Gasteiger partial charge in [-0.3, -0.25) is 4.79 Å². The average Bonchev–Trinajstić information content (AvgIpc) is 3.37. The fourth-order valence-electron chi connectivity index (χ4n) is 4.53. The summed E-state index contributed by atoms with van der Waals surface area (Å²) in [5, 5.41) is 6.76. The summed E-state index contributed by atoms with van der Waals surface area (Å²) in [6.07, 6.45) is 3.45. The standard InChI is InChI=1S/C26H35N5O.HI/c1-3-27-26(28-18-25(32)31-16-13-21-9-4-5-10-23(21)19-31)29-20(2)22-11-8-12-24(17-22)30-14-6-7-15-30;/h4-5,8-12,17,20H,3,6-7,13-16,18-19H2,1-2H3,(H2,27,28,29);1H. The molecule has 0 aromatic heterocycles. The molecule has 1 unspecified atom stereocenters. The molecule has 0 aliphatic carbocycles. The van der Waals surface area contributed by atoms with Gasteiger partial charge >= 0.3 is 0 Å². The third-order valence-electron chi connectivity index (χ3n) is 6.39. The van der Waals surface area contributed by atoms with Gasteiger partial charge in [-0.1, -0.05) is 36.4 Å². The third kappa shape index (κ3) is 6.62. The molecule has 33 heavy (non-hydrogen) atoms. The molecule has 4 rings (SSSR count). The van der Waals surface area contributed by atoms with Crippen LogP contribution in [0.1, 0.15) is 49.4 Å². The fraction of sp³-hybridized carbons (Fsp3) is 0.462. The molecule has 1 atom stereocenters. The summed E-state index contributed by atoms with van der Waals surface area (Å²) in [6, 6.07) is 17.2. The van der Waals surface area contributed by atoms with Crippen molar-refractivity contribution < 1.29 is 4.79 Å². The molecule has 1 fully saturated rings. The van der Waals surface area contributed by atoms with Crippen LogP contribution in [0.15, 0.2) is 53.5 Å². The number of benzene rings is 2. The van der Waals surface area contributed by atoms with Gasteiger partial charge in [0.1, 0.15) is 6.54 Å². The fourth-order valence-corrected chi connectivity index (χ4v) is 4.53. The van der Waals surface area contributed by atoms with Crippen LogP contribution >= 0.6 is 24.0 Å². The largest absolute Gasteiger partial charge is 0.372 e. The quantitative estimate of drug-likeness (QED) is 0.317. The summed E-state index contributed by atoms with van der Waals surface area (Å²) < 4.78 is 0. The second-order valence-electron chi connectivity index (χ2n) is 8.68. The highest BCUT2D eigenvalue weighted by atomic mass is 127. The lowest BCUT2D eigenvalue weighted by molar-refractivity contribution is -0.130. The molecule has 0 saturated carbocycles. The Bertz CT molecular complexity index is 957. The predicted molar refractivity (Wildman–Crippen MR) is 146 cm³/mol. The van der Waals surface area contributed by atoms with Crippen LogP contribution in [-0.4, -0.2) is 49.5 Å². The van der Waals surface area contributed by atoms with E-state index >= 15 is 0 Å². The number of nitrogens with one attached hydrogen (secondary N) is 2. The van der Waals surface area contributed by atoms with E-state index in [-0.39, 0.29) is 42.5 Å². The maximum absolute atomic E-state index is 12.8. The zero-order valence-electron chi connectivity index (χ0n) is 19.7. The number of rotatable bonds is 6. The monoisotopic (exact) mass is 561 g/mol. The van der Waals surface area contributed by atoms with Crippen LogP contribution in [-0.2, 0) is 17.8 Å². The maximum Gasteiger partial charge on any atom is 0.244 e. The summed E-state index contributed by atoms with van der Waals surface area (Å²) in [7, 11) is 0. The van der Waals surface area contributed by atoms with Gasteiger partial charge in [-0.2, -0.15) is 0 Å². The summed E-state index contributed by atoms with van der Waals surface area (Å²) in [6.45, 7) is 8.79. The van der Waals surface area contributed by atoms with Gasteiger partial charge in [0.25, 0.3) is 0 Å². The topological polar surface area (TPSA) is 60.0 Å². The first-order chi connectivity index (χ1) is 15.6. The predicted octanol–water partition coefficient (Wildman–Crippen LogP) is 4.11. The Hall–Kier alpha value is -2.29. The Labute approximate surface area is 214 Å². The van der Waals surface area contributed by atoms with Gasteiger partial charge in [-0.05, 0) is 61.9 Å². The van der Waals surface area contributed by atoms with Crippen molar-refractivity contribution in [3.63, 3.8) is 0 Å². The molecule has 1 saturated heterocycles. The van der Waals surface area contributed by atoms with Crippen LogP contribution in [0.2, 0.25) is 0 Å². The number of nitrogens with zero attached hydrogens (tertiary/aromatic N) is 3. The molecule has 0 bridgehead atoms. The molecule has 0 spiro atoms. The Morgan fingerprint density at radius 2 is 1.82 bits per heavy atom. The van der Waals surface area contributed by atoms with Crippen LogP contribution in [0.5, 0.6) is 0 Å². The van der Waals surface area contributed by atoms with Gasteiger partial charge in [0.15, 0.2) is 5.96 Å². The van der Waals surface area contributed by atoms with Crippen molar-refractivity contribution in [3.05, 3.63) is 65.2 Å². The summed E-state index contributed by atoms with van der Waals surface area (Å²) in [5.74, 6) is 0.748. The van der Waals surface area contributed by atoms with Crippen molar-refractivity contribution in [3.8, 4) is 0 Å². The van der Waals surface area contributed by atoms with Gasteiger partial charge in [0.05, 0.1) is 6.04 Å². The van der Waals surface area contributed by atoms with E-state index in [9.17, 15) is 4.79 Å². The van der Waals surface area contributed by atoms with E-state index in [0.29, 0.717) is 12.5 Å². The highest BCUT2D eigenvalue weighted by molar-refractivity contribution is 14.0. The first kappa shape index (κ1) is 25.3. The zero-order valence-corrected chi connectivity index (χ0v) is 22.0. The molecule has 1 amide bonds. The van der Waals surface area contributed by atoms with Gasteiger partial charge in [-0.15, -0.1) is 24.0 Å². The molecular weight excluding hydrogens is 525 g/mol. The first-order valence-corrected chi connectivity index (χ1v) is 11.9. The third-order valence-corrected chi connectivity index (χ3v) is 6.39. The highest BCUT2D eigenvalue weighted by Crippen LogP contribution is 2.24. The van der Waals surface area contributed by atoms with E-state index in [1.165, 1.54) is 35.2 Å². The van der Waals surface area contributed by atoms with E-state index < -0.39 is 0 Å². The van der Waals surface area contributed by atoms with Crippen molar-refractivity contribution in [2.24, 2.45) is 4.99 Å². The lowest BCUT2D eigenvalue weighted by Gasteiger charge is -2.28. The smallest absolute Gasteiger partial charge is 0.244 e. The summed E-state index contributed by atoms with van der Waals surface area (Å²) in [4.78, 5) is 21.8. The molecule has 2 aliphatic heterocycles. The molecule has 2 heterocycles. The normalized spacial score (nSPS) is 16.6. The Morgan fingerprint density at radius 3 is 2.58 bits per heavy atom. The number of fused-ring (bicyclic) bond motifs is 1.